The molecule has 0 atom stereocenters. The number of halogens is 1. The fourth-order valence-corrected chi connectivity index (χ4v) is 2.25. The summed E-state index contributed by atoms with van der Waals surface area (Å²) in [5, 5.41) is 2.84. The normalized spacial score (nSPS) is 12.2. The number of carbonyl (C=O) groups is 1. The number of hydrogen-bond acceptors (Lipinski definition) is 5. The van der Waals surface area contributed by atoms with E-state index in [2.05, 4.69) is 10.3 Å². The number of benzene rings is 1. The first-order valence-electron chi connectivity index (χ1n) is 7.10. The fourth-order valence-electron chi connectivity index (χ4n) is 2.25. The van der Waals surface area contributed by atoms with Crippen molar-refractivity contribution in [2.45, 2.75) is 6.42 Å². The minimum Gasteiger partial charge on any atom is -0.486 e. The molecule has 1 aliphatic rings. The predicted octanol–water partition coefficient (Wildman–Crippen LogP) is 1.83. The van der Waals surface area contributed by atoms with Crippen LogP contribution in [-0.2, 0) is 6.42 Å². The van der Waals surface area contributed by atoms with Crippen molar-refractivity contribution < 1.29 is 14.3 Å². The SMILES string of the molecule is Cl.Nc1ccncc1C(=O)NCCc1ccc2c(c1)OCCO2. The van der Waals surface area contributed by atoms with Crippen molar-refractivity contribution in [3.63, 3.8) is 0 Å². The maximum Gasteiger partial charge on any atom is 0.254 e. The summed E-state index contributed by atoms with van der Waals surface area (Å²) in [4.78, 5) is 15.9. The van der Waals surface area contributed by atoms with Gasteiger partial charge in [0.25, 0.3) is 5.91 Å². The maximum atomic E-state index is 12.0. The zero-order valence-corrected chi connectivity index (χ0v) is 13.3. The number of hydrogen-bond donors (Lipinski definition) is 2. The van der Waals surface area contributed by atoms with Crippen LogP contribution in [0.5, 0.6) is 11.5 Å². The Morgan fingerprint density at radius 1 is 1.22 bits per heavy atom. The van der Waals surface area contributed by atoms with Crippen molar-refractivity contribution >= 4 is 24.0 Å². The van der Waals surface area contributed by atoms with Gasteiger partial charge in [-0.25, -0.2) is 0 Å². The third kappa shape index (κ3) is 4.04. The molecule has 0 fully saturated rings. The lowest BCUT2D eigenvalue weighted by Crippen LogP contribution is -2.26. The van der Waals surface area contributed by atoms with E-state index in [0.717, 1.165) is 17.1 Å². The summed E-state index contributed by atoms with van der Waals surface area (Å²) in [6.07, 6.45) is 3.72. The van der Waals surface area contributed by atoms with E-state index in [1.807, 2.05) is 18.2 Å². The predicted molar refractivity (Wildman–Crippen MR) is 89.4 cm³/mol. The van der Waals surface area contributed by atoms with E-state index in [1.54, 1.807) is 12.3 Å². The number of aromatic nitrogens is 1. The van der Waals surface area contributed by atoms with E-state index in [4.69, 9.17) is 15.2 Å². The van der Waals surface area contributed by atoms with Crippen LogP contribution in [0.1, 0.15) is 15.9 Å². The molecule has 1 aromatic carbocycles. The van der Waals surface area contributed by atoms with Crippen LogP contribution in [0.4, 0.5) is 5.69 Å². The molecule has 0 saturated heterocycles. The quantitative estimate of drug-likeness (QED) is 0.890. The van der Waals surface area contributed by atoms with Gasteiger partial charge in [0.2, 0.25) is 0 Å². The molecule has 23 heavy (non-hydrogen) atoms. The van der Waals surface area contributed by atoms with Crippen molar-refractivity contribution in [3.05, 3.63) is 47.8 Å². The molecule has 2 aromatic rings. The van der Waals surface area contributed by atoms with Crippen molar-refractivity contribution in [2.24, 2.45) is 0 Å². The standard InChI is InChI=1S/C16H17N3O3.ClH/c17-13-4-5-18-10-12(13)16(20)19-6-3-11-1-2-14-15(9-11)22-8-7-21-14;/h1-2,4-5,9-10H,3,6-8H2,(H2,17,18)(H,19,20);1H. The van der Waals surface area contributed by atoms with Crippen LogP contribution in [-0.4, -0.2) is 30.6 Å². The zero-order valence-electron chi connectivity index (χ0n) is 12.5. The van der Waals surface area contributed by atoms with Gasteiger partial charge in [0.15, 0.2) is 11.5 Å². The van der Waals surface area contributed by atoms with E-state index in [9.17, 15) is 4.79 Å². The summed E-state index contributed by atoms with van der Waals surface area (Å²) in [7, 11) is 0. The number of nitrogens with zero attached hydrogens (tertiary/aromatic N) is 1. The monoisotopic (exact) mass is 335 g/mol. The third-order valence-electron chi connectivity index (χ3n) is 3.41. The summed E-state index contributed by atoms with van der Waals surface area (Å²) in [5.74, 6) is 1.30. The zero-order chi connectivity index (χ0) is 15.4. The van der Waals surface area contributed by atoms with Gasteiger partial charge in [0.05, 0.1) is 5.56 Å². The highest BCUT2D eigenvalue weighted by molar-refractivity contribution is 5.98. The molecule has 0 spiro atoms. The van der Waals surface area contributed by atoms with Crippen molar-refractivity contribution in [1.29, 1.82) is 0 Å². The molecule has 0 saturated carbocycles. The summed E-state index contributed by atoms with van der Waals surface area (Å²) >= 11 is 0. The highest BCUT2D eigenvalue weighted by atomic mass is 35.5. The number of nitrogen functional groups attached to an aromatic ring is 1. The molecule has 0 aliphatic carbocycles. The minimum absolute atomic E-state index is 0. The molecule has 0 bridgehead atoms. The fraction of sp³-hybridized carbons (Fsp3) is 0.250. The molecule has 0 radical (unpaired) electrons. The third-order valence-corrected chi connectivity index (χ3v) is 3.41. The van der Waals surface area contributed by atoms with Gasteiger partial charge in [-0.1, -0.05) is 6.07 Å². The summed E-state index contributed by atoms with van der Waals surface area (Å²) in [6.45, 7) is 1.65. The lowest BCUT2D eigenvalue weighted by atomic mass is 10.1. The average Bonchev–Trinajstić information content (AvgIpc) is 2.55. The second-order valence-corrected chi connectivity index (χ2v) is 4.95. The van der Waals surface area contributed by atoms with Gasteiger partial charge in [-0.15, -0.1) is 12.4 Å². The lowest BCUT2D eigenvalue weighted by molar-refractivity contribution is 0.0954. The minimum atomic E-state index is -0.219. The topological polar surface area (TPSA) is 86.5 Å². The number of anilines is 1. The Hall–Kier alpha value is -2.47. The number of amides is 1. The Bertz CT molecular complexity index is 694. The van der Waals surface area contributed by atoms with Gasteiger partial charge in [-0.3, -0.25) is 9.78 Å². The van der Waals surface area contributed by atoms with Crippen LogP contribution in [0.2, 0.25) is 0 Å². The van der Waals surface area contributed by atoms with Crippen LogP contribution in [0, 0.1) is 0 Å². The van der Waals surface area contributed by atoms with Crippen LogP contribution >= 0.6 is 12.4 Å². The smallest absolute Gasteiger partial charge is 0.254 e. The van der Waals surface area contributed by atoms with E-state index in [0.29, 0.717) is 37.4 Å². The van der Waals surface area contributed by atoms with Gasteiger partial charge in [0, 0.05) is 24.6 Å². The molecule has 6 nitrogen and oxygen atoms in total. The summed E-state index contributed by atoms with van der Waals surface area (Å²) < 4.78 is 11.0. The van der Waals surface area contributed by atoms with Gasteiger partial charge in [-0.05, 0) is 30.2 Å². The molecular weight excluding hydrogens is 318 g/mol. The van der Waals surface area contributed by atoms with Crippen LogP contribution in [0.15, 0.2) is 36.7 Å². The summed E-state index contributed by atoms with van der Waals surface area (Å²) in [6, 6.07) is 7.41. The Labute approximate surface area is 140 Å². The van der Waals surface area contributed by atoms with Gasteiger partial charge >= 0.3 is 0 Å². The van der Waals surface area contributed by atoms with E-state index >= 15 is 0 Å². The molecule has 1 amide bonds. The number of carbonyl (C=O) groups excluding carboxylic acids is 1. The van der Waals surface area contributed by atoms with Crippen LogP contribution in [0.3, 0.4) is 0 Å². The maximum absolute atomic E-state index is 12.0. The number of rotatable bonds is 4. The lowest BCUT2D eigenvalue weighted by Gasteiger charge is -2.18. The molecule has 7 heteroatoms. The Morgan fingerprint density at radius 2 is 2.00 bits per heavy atom. The number of ether oxygens (including phenoxy) is 2. The molecule has 122 valence electrons. The molecule has 2 heterocycles. The molecule has 1 aromatic heterocycles. The molecule has 3 rings (SSSR count). The van der Waals surface area contributed by atoms with Crippen molar-refractivity contribution in [3.8, 4) is 11.5 Å². The van der Waals surface area contributed by atoms with Gasteiger partial charge < -0.3 is 20.5 Å². The number of nitrogens with two attached hydrogens (primary N) is 1. The highest BCUT2D eigenvalue weighted by Crippen LogP contribution is 2.30. The van der Waals surface area contributed by atoms with E-state index < -0.39 is 0 Å². The van der Waals surface area contributed by atoms with Crippen LogP contribution < -0.4 is 20.5 Å². The Morgan fingerprint density at radius 3 is 2.78 bits per heavy atom. The number of nitrogens with one attached hydrogen (secondary N) is 1. The van der Waals surface area contributed by atoms with Crippen molar-refractivity contribution in [2.75, 3.05) is 25.5 Å². The summed E-state index contributed by atoms with van der Waals surface area (Å²) in [5.41, 5.74) is 7.64. The van der Waals surface area contributed by atoms with Crippen LogP contribution in [0.25, 0.3) is 0 Å². The van der Waals surface area contributed by atoms with E-state index in [-0.39, 0.29) is 18.3 Å². The van der Waals surface area contributed by atoms with Crippen molar-refractivity contribution in [1.82, 2.24) is 10.3 Å². The second kappa shape index (κ2) is 7.69. The first-order valence-corrected chi connectivity index (χ1v) is 7.10. The number of fused-ring (bicyclic) bond motifs is 1. The average molecular weight is 336 g/mol. The Balaban J connectivity index is 0.00000192. The highest BCUT2D eigenvalue weighted by Gasteiger charge is 2.12. The van der Waals surface area contributed by atoms with Gasteiger partial charge in [0.1, 0.15) is 13.2 Å². The van der Waals surface area contributed by atoms with Gasteiger partial charge in [-0.2, -0.15) is 0 Å². The molecule has 0 unspecified atom stereocenters. The van der Waals surface area contributed by atoms with E-state index in [1.165, 1.54) is 6.20 Å². The largest absolute Gasteiger partial charge is 0.486 e. The molecular formula is C16H18ClN3O3. The molecule has 3 N–H and O–H groups in total. The second-order valence-electron chi connectivity index (χ2n) is 4.95. The molecule has 1 aliphatic heterocycles. The first-order chi connectivity index (χ1) is 10.7. The first kappa shape index (κ1) is 16.9. The number of pyridine rings is 1. The Kier molecular flexibility index (Phi) is 5.65.